The summed E-state index contributed by atoms with van der Waals surface area (Å²) < 4.78 is 0.827. The lowest BCUT2D eigenvalue weighted by Gasteiger charge is -2.26. The lowest BCUT2D eigenvalue weighted by molar-refractivity contribution is 0.107. The number of thiophene rings is 1. The van der Waals surface area contributed by atoms with Gasteiger partial charge < -0.3 is 5.11 Å². The summed E-state index contributed by atoms with van der Waals surface area (Å²) in [5, 5.41) is 9.80. The van der Waals surface area contributed by atoms with Crippen LogP contribution in [-0.2, 0) is 0 Å². The first-order chi connectivity index (χ1) is 6.27. The van der Waals surface area contributed by atoms with Crippen molar-refractivity contribution in [2.24, 2.45) is 0 Å². The molecule has 1 N–H and O–H groups in total. The van der Waals surface area contributed by atoms with Crippen LogP contribution in [0.5, 0.6) is 0 Å². The minimum absolute atomic E-state index is 0.150. The van der Waals surface area contributed by atoms with Gasteiger partial charge >= 0.3 is 0 Å². The van der Waals surface area contributed by atoms with Crippen molar-refractivity contribution < 1.29 is 5.11 Å². The smallest absolute Gasteiger partial charge is 0.0931 e. The van der Waals surface area contributed by atoms with Crippen molar-refractivity contribution in [1.29, 1.82) is 0 Å². The van der Waals surface area contributed by atoms with E-state index < -0.39 is 0 Å². The summed E-state index contributed by atoms with van der Waals surface area (Å²) in [6.07, 6.45) is 4.30. The average Bonchev–Trinajstić information content (AvgIpc) is 2.53. The summed E-state index contributed by atoms with van der Waals surface area (Å²) in [6, 6.07) is 3.97. The monoisotopic (exact) mass is 216 g/mol. The van der Waals surface area contributed by atoms with E-state index in [9.17, 15) is 5.11 Å². The molecule has 0 bridgehead atoms. The SMILES string of the molecule is OC1CCCCC1c1ccc(Cl)s1. The van der Waals surface area contributed by atoms with Crippen molar-refractivity contribution in [1.82, 2.24) is 0 Å². The maximum atomic E-state index is 9.80. The first kappa shape index (κ1) is 9.50. The van der Waals surface area contributed by atoms with Crippen LogP contribution in [0, 0.1) is 0 Å². The van der Waals surface area contributed by atoms with Gasteiger partial charge in [-0.1, -0.05) is 24.4 Å². The molecule has 13 heavy (non-hydrogen) atoms. The molecule has 0 aliphatic heterocycles. The molecule has 0 aromatic carbocycles. The fourth-order valence-electron chi connectivity index (χ4n) is 1.97. The molecule has 1 heterocycles. The van der Waals surface area contributed by atoms with Crippen LogP contribution >= 0.6 is 22.9 Å². The predicted molar refractivity (Wildman–Crippen MR) is 56.5 cm³/mol. The molecular weight excluding hydrogens is 204 g/mol. The van der Waals surface area contributed by atoms with Crippen molar-refractivity contribution in [3.63, 3.8) is 0 Å². The van der Waals surface area contributed by atoms with Gasteiger partial charge in [-0.05, 0) is 25.0 Å². The zero-order valence-corrected chi connectivity index (χ0v) is 8.94. The molecule has 2 rings (SSSR count). The Morgan fingerprint density at radius 3 is 2.69 bits per heavy atom. The Morgan fingerprint density at radius 1 is 1.31 bits per heavy atom. The molecule has 0 radical (unpaired) electrons. The van der Waals surface area contributed by atoms with Gasteiger partial charge in [0.05, 0.1) is 10.4 Å². The van der Waals surface area contributed by atoms with Crippen molar-refractivity contribution in [3.8, 4) is 0 Å². The Morgan fingerprint density at radius 2 is 2.08 bits per heavy atom. The molecule has 1 saturated carbocycles. The van der Waals surface area contributed by atoms with Crippen LogP contribution in [0.15, 0.2) is 12.1 Å². The minimum atomic E-state index is -0.150. The third kappa shape index (κ3) is 2.06. The Hall–Kier alpha value is -0.0500. The van der Waals surface area contributed by atoms with E-state index in [1.807, 2.05) is 12.1 Å². The van der Waals surface area contributed by atoms with Gasteiger partial charge in [-0.3, -0.25) is 0 Å². The fraction of sp³-hybridized carbons (Fsp3) is 0.600. The van der Waals surface area contributed by atoms with Gasteiger partial charge in [-0.25, -0.2) is 0 Å². The highest BCUT2D eigenvalue weighted by Crippen LogP contribution is 2.37. The largest absolute Gasteiger partial charge is 0.392 e. The first-order valence-electron chi connectivity index (χ1n) is 4.70. The van der Waals surface area contributed by atoms with E-state index in [1.165, 1.54) is 11.3 Å². The van der Waals surface area contributed by atoms with E-state index in [0.717, 1.165) is 23.6 Å². The zero-order chi connectivity index (χ0) is 9.26. The second-order valence-electron chi connectivity index (χ2n) is 3.60. The molecule has 2 unspecified atom stereocenters. The van der Waals surface area contributed by atoms with Crippen molar-refractivity contribution >= 4 is 22.9 Å². The second-order valence-corrected chi connectivity index (χ2v) is 5.35. The standard InChI is InChI=1S/C10H13ClOS/c11-10-6-5-9(13-10)7-3-1-2-4-8(7)12/h5-8,12H,1-4H2. The van der Waals surface area contributed by atoms with Gasteiger partial charge in [0.15, 0.2) is 0 Å². The molecule has 1 aromatic heterocycles. The predicted octanol–water partition coefficient (Wildman–Crippen LogP) is 3.42. The van der Waals surface area contributed by atoms with Crippen molar-refractivity contribution in [2.75, 3.05) is 0 Å². The number of hydrogen-bond donors (Lipinski definition) is 1. The summed E-state index contributed by atoms with van der Waals surface area (Å²) >= 11 is 7.47. The molecule has 1 nitrogen and oxygen atoms in total. The third-order valence-electron chi connectivity index (χ3n) is 2.69. The van der Waals surface area contributed by atoms with E-state index in [1.54, 1.807) is 11.3 Å². The second kappa shape index (κ2) is 3.99. The van der Waals surface area contributed by atoms with Crippen LogP contribution in [-0.4, -0.2) is 11.2 Å². The Balaban J connectivity index is 2.14. The molecule has 72 valence electrons. The minimum Gasteiger partial charge on any atom is -0.392 e. The lowest BCUT2D eigenvalue weighted by Crippen LogP contribution is -2.21. The van der Waals surface area contributed by atoms with Gasteiger partial charge in [0, 0.05) is 10.8 Å². The molecule has 0 amide bonds. The highest BCUT2D eigenvalue weighted by atomic mass is 35.5. The van der Waals surface area contributed by atoms with Crippen molar-refractivity contribution in [3.05, 3.63) is 21.3 Å². The molecule has 1 aromatic rings. The maximum Gasteiger partial charge on any atom is 0.0931 e. The van der Waals surface area contributed by atoms with Crippen molar-refractivity contribution in [2.45, 2.75) is 37.7 Å². The molecular formula is C10H13ClOS. The summed E-state index contributed by atoms with van der Waals surface area (Å²) in [4.78, 5) is 1.25. The summed E-state index contributed by atoms with van der Waals surface area (Å²) in [5.74, 6) is 0.339. The highest BCUT2D eigenvalue weighted by molar-refractivity contribution is 7.16. The molecule has 3 heteroatoms. The van der Waals surface area contributed by atoms with E-state index in [0.29, 0.717) is 5.92 Å². The summed E-state index contributed by atoms with van der Waals surface area (Å²) in [5.41, 5.74) is 0. The molecule has 0 saturated heterocycles. The molecule has 1 fully saturated rings. The summed E-state index contributed by atoms with van der Waals surface area (Å²) in [6.45, 7) is 0. The number of halogens is 1. The molecule has 1 aliphatic rings. The van der Waals surface area contributed by atoms with Crippen LogP contribution in [0.2, 0.25) is 4.34 Å². The van der Waals surface area contributed by atoms with Gasteiger partial charge in [0.2, 0.25) is 0 Å². The van der Waals surface area contributed by atoms with Gasteiger partial charge in [-0.2, -0.15) is 0 Å². The topological polar surface area (TPSA) is 20.2 Å². The number of aliphatic hydroxyl groups is 1. The zero-order valence-electron chi connectivity index (χ0n) is 7.37. The molecule has 2 atom stereocenters. The Bertz CT molecular complexity index is 284. The lowest BCUT2D eigenvalue weighted by atomic mass is 9.86. The van der Waals surface area contributed by atoms with Crippen LogP contribution < -0.4 is 0 Å². The number of hydrogen-bond acceptors (Lipinski definition) is 2. The van der Waals surface area contributed by atoms with Gasteiger partial charge in [-0.15, -0.1) is 11.3 Å². The average molecular weight is 217 g/mol. The normalized spacial score (nSPS) is 29.1. The van der Waals surface area contributed by atoms with Crippen LogP contribution in [0.1, 0.15) is 36.5 Å². The Kier molecular flexibility index (Phi) is 2.92. The van der Waals surface area contributed by atoms with Crippen LogP contribution in [0.25, 0.3) is 0 Å². The van der Waals surface area contributed by atoms with E-state index in [4.69, 9.17) is 11.6 Å². The third-order valence-corrected chi connectivity index (χ3v) is 4.05. The highest BCUT2D eigenvalue weighted by Gasteiger charge is 2.25. The maximum absolute atomic E-state index is 9.80. The summed E-state index contributed by atoms with van der Waals surface area (Å²) in [7, 11) is 0. The fourth-order valence-corrected chi connectivity index (χ4v) is 3.22. The quantitative estimate of drug-likeness (QED) is 0.763. The van der Waals surface area contributed by atoms with E-state index in [2.05, 4.69) is 0 Å². The first-order valence-corrected chi connectivity index (χ1v) is 5.90. The van der Waals surface area contributed by atoms with Crippen LogP contribution in [0.3, 0.4) is 0 Å². The Labute approximate surface area is 87.4 Å². The number of rotatable bonds is 1. The van der Waals surface area contributed by atoms with Gasteiger partial charge in [0.1, 0.15) is 0 Å². The number of aliphatic hydroxyl groups excluding tert-OH is 1. The van der Waals surface area contributed by atoms with Crippen LogP contribution in [0.4, 0.5) is 0 Å². The molecule has 1 aliphatic carbocycles. The van der Waals surface area contributed by atoms with E-state index in [-0.39, 0.29) is 6.10 Å². The van der Waals surface area contributed by atoms with E-state index >= 15 is 0 Å². The van der Waals surface area contributed by atoms with Gasteiger partial charge in [0.25, 0.3) is 0 Å². The molecule has 0 spiro atoms.